The van der Waals surface area contributed by atoms with Gasteiger partial charge in [0.1, 0.15) is 11.5 Å². The van der Waals surface area contributed by atoms with Gasteiger partial charge in [0.25, 0.3) is 0 Å². The summed E-state index contributed by atoms with van der Waals surface area (Å²) in [6, 6.07) is 64.4. The lowest BCUT2D eigenvalue weighted by Crippen LogP contribution is -2.31. The van der Waals surface area contributed by atoms with Gasteiger partial charge in [0.2, 0.25) is 0 Å². The van der Waals surface area contributed by atoms with Crippen molar-refractivity contribution in [1.82, 2.24) is 40.2 Å². The Morgan fingerprint density at radius 2 is 0.806 bits per heavy atom. The second-order valence-electron chi connectivity index (χ2n) is 14.6. The highest BCUT2D eigenvalue weighted by Gasteiger charge is 2.38. The van der Waals surface area contributed by atoms with Gasteiger partial charge in [-0.15, -0.1) is 0 Å². The van der Waals surface area contributed by atoms with Crippen LogP contribution in [-0.2, 0) is 11.8 Å². The van der Waals surface area contributed by atoms with Crippen LogP contribution < -0.4 is 5.32 Å². The third kappa shape index (κ3) is 8.30. The third-order valence-corrected chi connectivity index (χ3v) is 10.7. The maximum atomic E-state index is 5.00. The fourth-order valence-electron chi connectivity index (χ4n) is 7.71. The van der Waals surface area contributed by atoms with Crippen molar-refractivity contribution < 1.29 is 0 Å². The zero-order valence-electron chi connectivity index (χ0n) is 34.1. The number of nitrogens with one attached hydrogen (secondary N) is 1. The molecule has 9 rings (SSSR count). The Morgan fingerprint density at radius 3 is 1.26 bits per heavy atom. The smallest absolute Gasteiger partial charge is 0.182 e. The molecule has 0 unspecified atom stereocenters. The minimum absolute atomic E-state index is 0.515. The molecule has 0 radical (unpaired) electrons. The Bertz CT molecular complexity index is 2830. The molecule has 9 aromatic rings. The van der Waals surface area contributed by atoms with Crippen molar-refractivity contribution in [3.05, 3.63) is 247 Å². The Morgan fingerprint density at radius 1 is 0.403 bits per heavy atom. The molecule has 1 N–H and O–H groups in total. The Labute approximate surface area is 361 Å². The lowest BCUT2D eigenvalue weighted by atomic mass is 9.65. The second kappa shape index (κ2) is 18.4. The molecule has 0 amide bonds. The van der Waals surface area contributed by atoms with Crippen molar-refractivity contribution in [2.75, 3.05) is 7.05 Å². The standard InChI is InChI=1S/C54H42N8/c1-55-37-17-6-15-28-48-57-49(39-19-7-2-8-20-39)59-50(58-48)41-29-33-45(34-30-41)54(43-23-11-4-12-24-43,44-25-13-5-14-26-44)46-35-31-42(32-36-46)52-60-51(40-21-9-3-10-22-40)61-53(62-52)47-27-16-18-38-56-47/h2-27,29-38,55H,28H2,1H3/b15-6-,37-17-. The van der Waals surface area contributed by atoms with Crippen LogP contribution in [0, 0.1) is 0 Å². The van der Waals surface area contributed by atoms with Crippen LogP contribution in [0.2, 0.25) is 0 Å². The van der Waals surface area contributed by atoms with Gasteiger partial charge in [0.05, 0.1) is 5.41 Å². The van der Waals surface area contributed by atoms with E-state index < -0.39 is 5.41 Å². The van der Waals surface area contributed by atoms with E-state index in [9.17, 15) is 0 Å². The summed E-state index contributed by atoms with van der Waals surface area (Å²) in [5, 5.41) is 3.01. The zero-order chi connectivity index (χ0) is 42.0. The van der Waals surface area contributed by atoms with Crippen LogP contribution in [0.1, 0.15) is 28.1 Å². The molecule has 0 atom stereocenters. The molecule has 0 aliphatic carbocycles. The molecular weight excluding hydrogens is 761 g/mol. The predicted molar refractivity (Wildman–Crippen MR) is 248 cm³/mol. The maximum Gasteiger partial charge on any atom is 0.182 e. The zero-order valence-corrected chi connectivity index (χ0v) is 34.1. The SMILES string of the molecule is CN/C=C\C=C/Cc1nc(-c2ccccc2)nc(-c2ccc(C(c3ccccc3)(c3ccccc3)c3ccc(-c4nc(-c5ccccc5)nc(-c5ccccn5)n4)cc3)cc2)n1. The van der Waals surface area contributed by atoms with Gasteiger partial charge in [0, 0.05) is 41.9 Å². The van der Waals surface area contributed by atoms with Gasteiger partial charge in [-0.3, -0.25) is 4.98 Å². The molecule has 3 aromatic heterocycles. The molecular formula is C54H42N8. The highest BCUT2D eigenvalue weighted by molar-refractivity contribution is 5.68. The van der Waals surface area contributed by atoms with Crippen LogP contribution in [0.5, 0.6) is 0 Å². The number of pyridine rings is 1. The van der Waals surface area contributed by atoms with E-state index >= 15 is 0 Å². The van der Waals surface area contributed by atoms with Crippen molar-refractivity contribution in [3.8, 4) is 57.1 Å². The quantitative estimate of drug-likeness (QED) is 0.0908. The fourth-order valence-corrected chi connectivity index (χ4v) is 7.71. The highest BCUT2D eigenvalue weighted by atomic mass is 15.0. The largest absolute Gasteiger partial charge is 0.394 e. The first-order valence-corrected chi connectivity index (χ1v) is 20.5. The summed E-state index contributed by atoms with van der Waals surface area (Å²) in [5.74, 6) is 3.61. The summed E-state index contributed by atoms with van der Waals surface area (Å²) in [6.45, 7) is 0. The number of hydrogen-bond acceptors (Lipinski definition) is 8. The lowest BCUT2D eigenvalue weighted by molar-refractivity contribution is 0.745. The maximum absolute atomic E-state index is 5.00. The van der Waals surface area contributed by atoms with Crippen molar-refractivity contribution >= 4 is 0 Å². The minimum Gasteiger partial charge on any atom is -0.394 e. The molecule has 62 heavy (non-hydrogen) atoms. The molecule has 3 heterocycles. The van der Waals surface area contributed by atoms with E-state index in [1.807, 2.05) is 110 Å². The van der Waals surface area contributed by atoms with E-state index in [1.165, 1.54) is 0 Å². The van der Waals surface area contributed by atoms with Gasteiger partial charge in [-0.1, -0.05) is 188 Å². The van der Waals surface area contributed by atoms with E-state index in [2.05, 4.69) is 119 Å². The molecule has 0 bridgehead atoms. The average molecular weight is 803 g/mol. The van der Waals surface area contributed by atoms with Crippen molar-refractivity contribution in [2.24, 2.45) is 0 Å². The van der Waals surface area contributed by atoms with Gasteiger partial charge in [0.15, 0.2) is 29.1 Å². The molecule has 0 aliphatic rings. The van der Waals surface area contributed by atoms with Crippen LogP contribution in [0.4, 0.5) is 0 Å². The molecule has 6 aromatic carbocycles. The number of allylic oxidation sites excluding steroid dienone is 3. The summed E-state index contributed by atoms with van der Waals surface area (Å²) >= 11 is 0. The van der Waals surface area contributed by atoms with Gasteiger partial charge in [-0.2, -0.15) is 0 Å². The van der Waals surface area contributed by atoms with Gasteiger partial charge in [-0.25, -0.2) is 29.9 Å². The monoisotopic (exact) mass is 802 g/mol. The Hall–Kier alpha value is -8.23. The van der Waals surface area contributed by atoms with Gasteiger partial charge >= 0.3 is 0 Å². The number of hydrogen-bond donors (Lipinski definition) is 1. The first kappa shape index (κ1) is 39.2. The number of benzene rings is 6. The number of aromatic nitrogens is 7. The van der Waals surface area contributed by atoms with E-state index in [4.69, 9.17) is 29.9 Å². The highest BCUT2D eigenvalue weighted by Crippen LogP contribution is 2.46. The first-order chi connectivity index (χ1) is 30.7. The minimum atomic E-state index is -0.696. The van der Waals surface area contributed by atoms with E-state index in [1.54, 1.807) is 6.20 Å². The van der Waals surface area contributed by atoms with Crippen molar-refractivity contribution in [3.63, 3.8) is 0 Å². The summed E-state index contributed by atoms with van der Waals surface area (Å²) < 4.78 is 0. The Balaban J connectivity index is 1.16. The average Bonchev–Trinajstić information content (AvgIpc) is 3.36. The molecule has 0 spiro atoms. The topological polar surface area (TPSA) is 102 Å². The van der Waals surface area contributed by atoms with E-state index in [-0.39, 0.29) is 0 Å². The Kier molecular flexibility index (Phi) is 11.6. The second-order valence-corrected chi connectivity index (χ2v) is 14.6. The van der Waals surface area contributed by atoms with Crippen LogP contribution in [0.15, 0.2) is 219 Å². The van der Waals surface area contributed by atoms with Gasteiger partial charge < -0.3 is 5.32 Å². The molecule has 0 fully saturated rings. The number of nitrogens with zero attached hydrogens (tertiary/aromatic N) is 7. The molecule has 298 valence electrons. The third-order valence-electron chi connectivity index (χ3n) is 10.7. The molecule has 8 heteroatoms. The van der Waals surface area contributed by atoms with Crippen molar-refractivity contribution in [1.29, 1.82) is 0 Å². The van der Waals surface area contributed by atoms with Crippen molar-refractivity contribution in [2.45, 2.75) is 11.8 Å². The normalized spacial score (nSPS) is 11.6. The number of rotatable bonds is 13. The molecule has 0 aliphatic heterocycles. The molecule has 0 saturated carbocycles. The van der Waals surface area contributed by atoms with Crippen LogP contribution in [0.25, 0.3) is 57.1 Å². The summed E-state index contributed by atoms with van der Waals surface area (Å²) in [7, 11) is 1.87. The predicted octanol–water partition coefficient (Wildman–Crippen LogP) is 11.0. The summed E-state index contributed by atoms with van der Waals surface area (Å²) in [4.78, 5) is 34.2. The van der Waals surface area contributed by atoms with Crippen LogP contribution in [-0.4, -0.2) is 41.9 Å². The fraction of sp³-hybridized carbons (Fsp3) is 0.0556. The van der Waals surface area contributed by atoms with Crippen LogP contribution >= 0.6 is 0 Å². The summed E-state index contributed by atoms with van der Waals surface area (Å²) in [5.41, 5.74) is 8.01. The molecule has 0 saturated heterocycles. The van der Waals surface area contributed by atoms with Crippen LogP contribution in [0.3, 0.4) is 0 Å². The first-order valence-electron chi connectivity index (χ1n) is 20.5. The van der Waals surface area contributed by atoms with E-state index in [0.717, 1.165) is 44.5 Å². The summed E-state index contributed by atoms with van der Waals surface area (Å²) in [6.07, 6.45) is 10.2. The lowest BCUT2D eigenvalue weighted by Gasteiger charge is -2.37. The van der Waals surface area contributed by atoms with Gasteiger partial charge in [-0.05, 0) is 46.7 Å². The van der Waals surface area contributed by atoms with E-state index in [0.29, 0.717) is 47.1 Å². The molecule has 8 nitrogen and oxygen atoms in total.